The third-order valence-corrected chi connectivity index (χ3v) is 4.15. The number of hydrogen-bond acceptors (Lipinski definition) is 3. The second-order valence-electron chi connectivity index (χ2n) is 5.71. The number of fused-ring (bicyclic) bond motifs is 1. The minimum Gasteiger partial charge on any atom is -0.352 e. The lowest BCUT2D eigenvalue weighted by Gasteiger charge is -2.31. The number of imidazole rings is 1. The number of aromatic nitrogens is 2. The molecule has 2 amide bonds. The number of rotatable bonds is 3. The summed E-state index contributed by atoms with van der Waals surface area (Å²) in [6, 6.07) is 7.92. The number of nitrogens with one attached hydrogen (secondary N) is 1. The molecule has 3 rings (SSSR count). The van der Waals surface area contributed by atoms with Gasteiger partial charge in [-0.15, -0.1) is 0 Å². The highest BCUT2D eigenvalue weighted by Crippen LogP contribution is 2.13. The molecule has 1 aromatic heterocycles. The lowest BCUT2D eigenvalue weighted by atomic mass is 10.1. The molecule has 1 aliphatic heterocycles. The van der Waals surface area contributed by atoms with Gasteiger partial charge in [-0.1, -0.05) is 12.1 Å². The summed E-state index contributed by atoms with van der Waals surface area (Å²) in [6.45, 7) is 3.29. The third-order valence-electron chi connectivity index (χ3n) is 4.15. The molecule has 0 radical (unpaired) electrons. The maximum absolute atomic E-state index is 12.2. The van der Waals surface area contributed by atoms with Crippen molar-refractivity contribution in [3.63, 3.8) is 0 Å². The molecular formula is C16H20N4O2. The quantitative estimate of drug-likeness (QED) is 0.925. The monoisotopic (exact) mass is 300 g/mol. The van der Waals surface area contributed by atoms with Crippen LogP contribution in [0.3, 0.4) is 0 Å². The number of para-hydroxylation sites is 2. The van der Waals surface area contributed by atoms with Gasteiger partial charge in [0.05, 0.1) is 17.4 Å². The summed E-state index contributed by atoms with van der Waals surface area (Å²) in [5, 5.41) is 3.06. The summed E-state index contributed by atoms with van der Waals surface area (Å²) in [7, 11) is 0. The Balaban J connectivity index is 1.56. The van der Waals surface area contributed by atoms with Crippen molar-refractivity contribution in [1.82, 2.24) is 19.8 Å². The van der Waals surface area contributed by atoms with Crippen LogP contribution in [-0.4, -0.2) is 45.4 Å². The fraction of sp³-hybridized carbons (Fsp3) is 0.438. The van der Waals surface area contributed by atoms with Gasteiger partial charge in [0, 0.05) is 26.1 Å². The molecule has 2 heterocycles. The van der Waals surface area contributed by atoms with Crippen molar-refractivity contribution in [2.75, 3.05) is 13.1 Å². The number of amides is 2. The van der Waals surface area contributed by atoms with Crippen molar-refractivity contribution in [2.45, 2.75) is 32.4 Å². The van der Waals surface area contributed by atoms with Gasteiger partial charge in [-0.3, -0.25) is 9.59 Å². The van der Waals surface area contributed by atoms with Gasteiger partial charge in [0.25, 0.3) is 0 Å². The van der Waals surface area contributed by atoms with E-state index in [1.807, 2.05) is 33.7 Å². The average Bonchev–Trinajstić information content (AvgIpc) is 2.91. The van der Waals surface area contributed by atoms with Gasteiger partial charge >= 0.3 is 0 Å². The smallest absolute Gasteiger partial charge is 0.240 e. The predicted molar refractivity (Wildman–Crippen MR) is 83.2 cm³/mol. The molecule has 1 fully saturated rings. The molecule has 0 saturated carbocycles. The molecule has 0 atom stereocenters. The summed E-state index contributed by atoms with van der Waals surface area (Å²) in [4.78, 5) is 29.6. The third kappa shape index (κ3) is 3.10. The lowest BCUT2D eigenvalue weighted by molar-refractivity contribution is -0.130. The Morgan fingerprint density at radius 2 is 2.00 bits per heavy atom. The van der Waals surface area contributed by atoms with Crippen molar-refractivity contribution in [3.05, 3.63) is 30.6 Å². The Labute approximate surface area is 129 Å². The number of likely N-dealkylation sites (tertiary alicyclic amines) is 1. The van der Waals surface area contributed by atoms with Crippen molar-refractivity contribution in [2.24, 2.45) is 0 Å². The maximum atomic E-state index is 12.2. The fourth-order valence-corrected chi connectivity index (χ4v) is 2.90. The minimum atomic E-state index is -0.00979. The van der Waals surface area contributed by atoms with E-state index in [1.54, 1.807) is 13.3 Å². The molecule has 1 N–H and O–H groups in total. The zero-order valence-corrected chi connectivity index (χ0v) is 12.7. The van der Waals surface area contributed by atoms with Crippen LogP contribution in [0.4, 0.5) is 0 Å². The van der Waals surface area contributed by atoms with E-state index in [9.17, 15) is 9.59 Å². The van der Waals surface area contributed by atoms with Gasteiger partial charge < -0.3 is 14.8 Å². The number of nitrogens with zero attached hydrogens (tertiary/aromatic N) is 3. The van der Waals surface area contributed by atoms with E-state index in [0.29, 0.717) is 13.1 Å². The molecule has 6 heteroatoms. The SMILES string of the molecule is CC(=O)N1CCC(NC(=O)Cn2cnc3ccccc32)CC1. The summed E-state index contributed by atoms with van der Waals surface area (Å²) in [5.41, 5.74) is 1.86. The van der Waals surface area contributed by atoms with Crippen molar-refractivity contribution in [3.8, 4) is 0 Å². The van der Waals surface area contributed by atoms with Crippen molar-refractivity contribution < 1.29 is 9.59 Å². The molecule has 1 aliphatic rings. The molecule has 0 spiro atoms. The van der Waals surface area contributed by atoms with Gasteiger partial charge in [-0.05, 0) is 25.0 Å². The first-order valence-corrected chi connectivity index (χ1v) is 7.58. The first-order valence-electron chi connectivity index (χ1n) is 7.58. The zero-order chi connectivity index (χ0) is 15.5. The molecule has 2 aromatic rings. The molecular weight excluding hydrogens is 280 g/mol. The van der Waals surface area contributed by atoms with Crippen molar-refractivity contribution >= 4 is 22.8 Å². The second-order valence-corrected chi connectivity index (χ2v) is 5.71. The molecule has 1 saturated heterocycles. The van der Waals surface area contributed by atoms with Gasteiger partial charge in [0.1, 0.15) is 6.54 Å². The van der Waals surface area contributed by atoms with E-state index in [4.69, 9.17) is 0 Å². The lowest BCUT2D eigenvalue weighted by Crippen LogP contribution is -2.46. The Kier molecular flexibility index (Phi) is 4.09. The Hall–Kier alpha value is -2.37. The van der Waals surface area contributed by atoms with E-state index < -0.39 is 0 Å². The Morgan fingerprint density at radius 1 is 1.27 bits per heavy atom. The minimum absolute atomic E-state index is 0.00979. The topological polar surface area (TPSA) is 67.2 Å². The molecule has 1 aromatic carbocycles. The molecule has 0 unspecified atom stereocenters. The van der Waals surface area contributed by atoms with Gasteiger partial charge in [0.2, 0.25) is 11.8 Å². The van der Waals surface area contributed by atoms with Gasteiger partial charge in [-0.25, -0.2) is 4.98 Å². The highest BCUT2D eigenvalue weighted by molar-refractivity contribution is 5.80. The second kappa shape index (κ2) is 6.17. The number of carbonyl (C=O) groups excluding carboxylic acids is 2. The van der Waals surface area contributed by atoms with Crippen LogP contribution in [0.2, 0.25) is 0 Å². The Morgan fingerprint density at radius 3 is 2.73 bits per heavy atom. The molecule has 0 aliphatic carbocycles. The van der Waals surface area contributed by atoms with Crippen LogP contribution in [0.5, 0.6) is 0 Å². The van der Waals surface area contributed by atoms with Crippen molar-refractivity contribution in [1.29, 1.82) is 0 Å². The standard InChI is InChI=1S/C16H20N4O2/c1-12(21)19-8-6-13(7-9-19)18-16(22)10-20-11-17-14-4-2-3-5-15(14)20/h2-5,11,13H,6-10H2,1H3,(H,18,22). The van der Waals surface area contributed by atoms with E-state index in [1.165, 1.54) is 0 Å². The number of benzene rings is 1. The summed E-state index contributed by atoms with van der Waals surface area (Å²) in [6.07, 6.45) is 3.33. The molecule has 22 heavy (non-hydrogen) atoms. The zero-order valence-electron chi connectivity index (χ0n) is 12.7. The number of hydrogen-bond donors (Lipinski definition) is 1. The number of piperidine rings is 1. The first kappa shape index (κ1) is 14.6. The summed E-state index contributed by atoms with van der Waals surface area (Å²) in [5.74, 6) is 0.0964. The largest absolute Gasteiger partial charge is 0.352 e. The van der Waals surface area contributed by atoms with Crippen LogP contribution in [0, 0.1) is 0 Å². The summed E-state index contributed by atoms with van der Waals surface area (Å²) >= 11 is 0. The fourth-order valence-electron chi connectivity index (χ4n) is 2.90. The van der Waals surface area contributed by atoms with Crippen LogP contribution in [0.25, 0.3) is 11.0 Å². The number of carbonyl (C=O) groups is 2. The van der Waals surface area contributed by atoms with E-state index >= 15 is 0 Å². The Bertz CT molecular complexity index is 686. The molecule has 0 bridgehead atoms. The highest BCUT2D eigenvalue weighted by Gasteiger charge is 2.22. The normalized spacial score (nSPS) is 16.0. The molecule has 6 nitrogen and oxygen atoms in total. The van der Waals surface area contributed by atoms with E-state index in [2.05, 4.69) is 10.3 Å². The first-order chi connectivity index (χ1) is 10.6. The average molecular weight is 300 g/mol. The van der Waals surface area contributed by atoms with Crippen LogP contribution in [0.1, 0.15) is 19.8 Å². The van der Waals surface area contributed by atoms with Gasteiger partial charge in [-0.2, -0.15) is 0 Å². The van der Waals surface area contributed by atoms with Crippen LogP contribution >= 0.6 is 0 Å². The van der Waals surface area contributed by atoms with E-state index in [-0.39, 0.29) is 24.4 Å². The van der Waals surface area contributed by atoms with Crippen LogP contribution < -0.4 is 5.32 Å². The molecule has 116 valence electrons. The predicted octanol–water partition coefficient (Wildman–Crippen LogP) is 1.16. The van der Waals surface area contributed by atoms with Crippen LogP contribution in [0.15, 0.2) is 30.6 Å². The maximum Gasteiger partial charge on any atom is 0.240 e. The highest BCUT2D eigenvalue weighted by atomic mass is 16.2. The van der Waals surface area contributed by atoms with Crippen LogP contribution in [-0.2, 0) is 16.1 Å². The van der Waals surface area contributed by atoms with Gasteiger partial charge in [0.15, 0.2) is 0 Å². The van der Waals surface area contributed by atoms with E-state index in [0.717, 1.165) is 23.9 Å². The summed E-state index contributed by atoms with van der Waals surface area (Å²) < 4.78 is 1.86.